The minimum Gasteiger partial charge on any atom is -0.499 e. The van der Waals surface area contributed by atoms with Crippen molar-refractivity contribution < 1.29 is 9.47 Å². The van der Waals surface area contributed by atoms with Crippen LogP contribution in [-0.4, -0.2) is 39.6 Å². The van der Waals surface area contributed by atoms with Crippen molar-refractivity contribution in [2.75, 3.05) is 14.2 Å². The van der Waals surface area contributed by atoms with Crippen molar-refractivity contribution in [1.29, 1.82) is 0 Å². The Morgan fingerprint density at radius 1 is 1.35 bits per heavy atom. The molecule has 0 radical (unpaired) electrons. The van der Waals surface area contributed by atoms with Crippen molar-refractivity contribution in [3.63, 3.8) is 0 Å². The normalized spacial score (nSPS) is 21.3. The Hall–Kier alpha value is -2.21. The van der Waals surface area contributed by atoms with Crippen LogP contribution in [0.4, 0.5) is 0 Å². The molecule has 1 unspecified atom stereocenters. The average Bonchev–Trinajstić information content (AvgIpc) is 2.96. The number of fused-ring (bicyclic) bond motifs is 1. The summed E-state index contributed by atoms with van der Waals surface area (Å²) in [5, 5.41) is 5.25. The molecule has 1 aliphatic rings. The minimum absolute atomic E-state index is 0.454. The molecule has 0 fully saturated rings. The molecule has 2 heterocycles. The Morgan fingerprint density at radius 3 is 2.74 bits per heavy atom. The van der Waals surface area contributed by atoms with Gasteiger partial charge < -0.3 is 9.47 Å². The number of hydrogen-bond donors (Lipinski definition) is 0. The molecule has 0 aliphatic heterocycles. The molecule has 6 nitrogen and oxygen atoms in total. The number of rotatable bonds is 4. The van der Waals surface area contributed by atoms with Crippen molar-refractivity contribution in [2.45, 2.75) is 31.8 Å². The lowest BCUT2D eigenvalue weighted by Gasteiger charge is -2.35. The third-order valence-electron chi connectivity index (χ3n) is 4.69. The van der Waals surface area contributed by atoms with E-state index >= 15 is 0 Å². The molecule has 0 saturated heterocycles. The van der Waals surface area contributed by atoms with Crippen LogP contribution in [-0.2, 0) is 16.5 Å². The number of nitrogens with zero attached hydrogens (tertiary/aromatic N) is 4. The molecule has 122 valence electrons. The van der Waals surface area contributed by atoms with E-state index in [-0.39, 0.29) is 0 Å². The molecule has 3 rings (SSSR count). The lowest BCUT2D eigenvalue weighted by atomic mass is 9.83. The van der Waals surface area contributed by atoms with Crippen molar-refractivity contribution >= 4 is 16.6 Å². The molecular formula is C17H22N4O2. The predicted octanol–water partition coefficient (Wildman–Crippen LogP) is 2.78. The van der Waals surface area contributed by atoms with E-state index in [2.05, 4.69) is 27.7 Å². The van der Waals surface area contributed by atoms with Crippen LogP contribution in [0, 0.1) is 6.92 Å². The second-order valence-corrected chi connectivity index (χ2v) is 5.90. The molecule has 0 saturated carbocycles. The number of aromatic nitrogens is 4. The molecule has 0 spiro atoms. The zero-order valence-corrected chi connectivity index (χ0v) is 14.1. The van der Waals surface area contributed by atoms with Gasteiger partial charge in [0.2, 0.25) is 0 Å². The molecule has 0 bridgehead atoms. The van der Waals surface area contributed by atoms with Gasteiger partial charge in [-0.3, -0.25) is 4.68 Å². The molecule has 0 amide bonds. The topological polar surface area (TPSA) is 62.1 Å². The summed E-state index contributed by atoms with van der Waals surface area (Å²) in [5.41, 5.74) is 2.49. The number of hydrogen-bond acceptors (Lipinski definition) is 5. The quantitative estimate of drug-likeness (QED) is 0.812. The van der Waals surface area contributed by atoms with E-state index in [4.69, 9.17) is 9.47 Å². The molecule has 0 N–H and O–H groups in total. The Balaban J connectivity index is 1.96. The SMILES string of the molecule is C=C(OC)C1(OC)CC=C(c2nc(C)c3cnn(C)c3n2)CC1. The fraction of sp³-hybridized carbons (Fsp3) is 0.471. The van der Waals surface area contributed by atoms with Crippen LogP contribution in [0.2, 0.25) is 0 Å². The minimum atomic E-state index is -0.454. The van der Waals surface area contributed by atoms with Gasteiger partial charge in [-0.25, -0.2) is 9.97 Å². The van der Waals surface area contributed by atoms with Crippen LogP contribution in [0.25, 0.3) is 16.6 Å². The summed E-state index contributed by atoms with van der Waals surface area (Å²) in [5.74, 6) is 1.43. The summed E-state index contributed by atoms with van der Waals surface area (Å²) in [6, 6.07) is 0. The van der Waals surface area contributed by atoms with Gasteiger partial charge in [0.25, 0.3) is 0 Å². The Labute approximate surface area is 135 Å². The highest BCUT2D eigenvalue weighted by molar-refractivity contribution is 5.79. The van der Waals surface area contributed by atoms with E-state index < -0.39 is 5.60 Å². The van der Waals surface area contributed by atoms with Gasteiger partial charge in [0.1, 0.15) is 11.4 Å². The molecule has 23 heavy (non-hydrogen) atoms. The van der Waals surface area contributed by atoms with Gasteiger partial charge in [0.15, 0.2) is 11.5 Å². The van der Waals surface area contributed by atoms with E-state index in [1.165, 1.54) is 0 Å². The first-order valence-corrected chi connectivity index (χ1v) is 7.65. The summed E-state index contributed by atoms with van der Waals surface area (Å²) in [4.78, 5) is 9.33. The summed E-state index contributed by atoms with van der Waals surface area (Å²) in [7, 11) is 5.23. The highest BCUT2D eigenvalue weighted by atomic mass is 16.5. The van der Waals surface area contributed by atoms with E-state index in [1.807, 2.05) is 20.2 Å². The first-order valence-electron chi connectivity index (χ1n) is 7.65. The third kappa shape index (κ3) is 2.53. The predicted molar refractivity (Wildman–Crippen MR) is 88.8 cm³/mol. The highest BCUT2D eigenvalue weighted by Crippen LogP contribution is 2.38. The molecule has 2 aromatic rings. The standard InChI is InChI=1S/C17H22N4O2/c1-11-14-10-18-21(3)16(14)20-15(19-11)13-6-8-17(23-5,9-7-13)12(2)22-4/h6,10H,2,7-9H2,1,3-5H3. The van der Waals surface area contributed by atoms with Crippen LogP contribution in [0.5, 0.6) is 0 Å². The maximum Gasteiger partial charge on any atom is 0.161 e. The van der Waals surface area contributed by atoms with E-state index in [1.54, 1.807) is 18.9 Å². The van der Waals surface area contributed by atoms with Crippen molar-refractivity contribution in [2.24, 2.45) is 7.05 Å². The van der Waals surface area contributed by atoms with E-state index in [0.29, 0.717) is 12.2 Å². The zero-order valence-electron chi connectivity index (χ0n) is 14.1. The molecule has 1 atom stereocenters. The lowest BCUT2D eigenvalue weighted by molar-refractivity contribution is -0.0237. The van der Waals surface area contributed by atoms with E-state index in [9.17, 15) is 0 Å². The largest absolute Gasteiger partial charge is 0.499 e. The first-order chi connectivity index (χ1) is 11.0. The maximum atomic E-state index is 5.69. The summed E-state index contributed by atoms with van der Waals surface area (Å²) < 4.78 is 12.8. The van der Waals surface area contributed by atoms with E-state index in [0.717, 1.165) is 41.0 Å². The second-order valence-electron chi connectivity index (χ2n) is 5.90. The average molecular weight is 314 g/mol. The van der Waals surface area contributed by atoms with Gasteiger partial charge in [-0.05, 0) is 25.3 Å². The number of allylic oxidation sites excluding steroid dienone is 1. The Kier molecular flexibility index (Phi) is 3.93. The van der Waals surface area contributed by atoms with Gasteiger partial charge in [-0.1, -0.05) is 12.7 Å². The highest BCUT2D eigenvalue weighted by Gasteiger charge is 2.36. The molecular weight excluding hydrogens is 292 g/mol. The van der Waals surface area contributed by atoms with Crippen molar-refractivity contribution in [3.8, 4) is 0 Å². The van der Waals surface area contributed by atoms with Crippen LogP contribution >= 0.6 is 0 Å². The third-order valence-corrected chi connectivity index (χ3v) is 4.69. The van der Waals surface area contributed by atoms with Crippen LogP contribution in [0.1, 0.15) is 30.8 Å². The maximum absolute atomic E-state index is 5.69. The van der Waals surface area contributed by atoms with Gasteiger partial charge in [0, 0.05) is 20.6 Å². The van der Waals surface area contributed by atoms with Gasteiger partial charge in [-0.15, -0.1) is 0 Å². The summed E-state index contributed by atoms with van der Waals surface area (Å²) in [6.07, 6.45) is 6.26. The molecule has 6 heteroatoms. The zero-order chi connectivity index (χ0) is 16.6. The lowest BCUT2D eigenvalue weighted by Crippen LogP contribution is -2.35. The van der Waals surface area contributed by atoms with Crippen LogP contribution < -0.4 is 0 Å². The fourth-order valence-corrected chi connectivity index (χ4v) is 3.08. The smallest absolute Gasteiger partial charge is 0.161 e. The Bertz CT molecular complexity index is 793. The second kappa shape index (κ2) is 5.77. The van der Waals surface area contributed by atoms with Crippen LogP contribution in [0.15, 0.2) is 24.6 Å². The number of ether oxygens (including phenoxy) is 2. The fourth-order valence-electron chi connectivity index (χ4n) is 3.08. The molecule has 1 aliphatic carbocycles. The summed E-state index contributed by atoms with van der Waals surface area (Å²) >= 11 is 0. The molecule has 0 aromatic carbocycles. The monoisotopic (exact) mass is 314 g/mol. The van der Waals surface area contributed by atoms with Gasteiger partial charge in [-0.2, -0.15) is 5.10 Å². The first kappa shape index (κ1) is 15.7. The molecule has 2 aromatic heterocycles. The van der Waals surface area contributed by atoms with Gasteiger partial charge >= 0.3 is 0 Å². The summed E-state index contributed by atoms with van der Waals surface area (Å²) in [6.45, 7) is 5.97. The number of methoxy groups -OCH3 is 2. The van der Waals surface area contributed by atoms with Crippen LogP contribution in [0.3, 0.4) is 0 Å². The van der Waals surface area contributed by atoms with Gasteiger partial charge in [0.05, 0.1) is 24.4 Å². The number of aryl methyl sites for hydroxylation is 2. The van der Waals surface area contributed by atoms with Crippen molar-refractivity contribution in [1.82, 2.24) is 19.7 Å². The van der Waals surface area contributed by atoms with Crippen molar-refractivity contribution in [3.05, 3.63) is 36.1 Å². The Morgan fingerprint density at radius 2 is 2.13 bits per heavy atom.